The van der Waals surface area contributed by atoms with Crippen molar-refractivity contribution in [2.24, 2.45) is 0 Å². The SMILES string of the molecule is COc1ccc(NC(=O)NCC(=O)c2cccc(Cl)c2)cc1OC. The van der Waals surface area contributed by atoms with Crippen LogP contribution in [0.25, 0.3) is 0 Å². The van der Waals surface area contributed by atoms with E-state index in [0.717, 1.165) is 0 Å². The van der Waals surface area contributed by atoms with E-state index in [1.165, 1.54) is 14.2 Å². The summed E-state index contributed by atoms with van der Waals surface area (Å²) in [6, 6.07) is 11.0. The number of hydrogen-bond donors (Lipinski definition) is 2. The fraction of sp³-hybridized carbons (Fsp3) is 0.176. The summed E-state index contributed by atoms with van der Waals surface area (Å²) in [5, 5.41) is 5.59. The number of nitrogens with one attached hydrogen (secondary N) is 2. The Morgan fingerprint density at radius 3 is 2.46 bits per heavy atom. The first-order valence-electron chi connectivity index (χ1n) is 7.09. The maximum atomic E-state index is 12.0. The van der Waals surface area contributed by atoms with Crippen LogP contribution in [-0.2, 0) is 0 Å². The van der Waals surface area contributed by atoms with Gasteiger partial charge in [-0.05, 0) is 24.3 Å². The van der Waals surface area contributed by atoms with Crippen LogP contribution in [0.1, 0.15) is 10.4 Å². The van der Waals surface area contributed by atoms with Crippen molar-refractivity contribution >= 4 is 29.1 Å². The lowest BCUT2D eigenvalue weighted by Gasteiger charge is -2.11. The Hall–Kier alpha value is -2.73. The number of ketones is 1. The van der Waals surface area contributed by atoms with E-state index >= 15 is 0 Å². The Labute approximate surface area is 144 Å². The average molecular weight is 349 g/mol. The lowest BCUT2D eigenvalue weighted by Crippen LogP contribution is -2.33. The molecule has 24 heavy (non-hydrogen) atoms. The van der Waals surface area contributed by atoms with Crippen molar-refractivity contribution in [2.45, 2.75) is 0 Å². The van der Waals surface area contributed by atoms with Crippen LogP contribution in [0.3, 0.4) is 0 Å². The molecule has 2 amide bonds. The first-order chi connectivity index (χ1) is 11.5. The number of Topliss-reactive ketones (excluding diaryl/α,β-unsaturated/α-hetero) is 1. The number of urea groups is 1. The molecular weight excluding hydrogens is 332 g/mol. The van der Waals surface area contributed by atoms with Gasteiger partial charge in [0.2, 0.25) is 0 Å². The van der Waals surface area contributed by atoms with Crippen molar-refractivity contribution in [3.05, 3.63) is 53.1 Å². The zero-order chi connectivity index (χ0) is 17.5. The van der Waals surface area contributed by atoms with Crippen LogP contribution in [0.2, 0.25) is 5.02 Å². The van der Waals surface area contributed by atoms with Gasteiger partial charge in [-0.15, -0.1) is 0 Å². The van der Waals surface area contributed by atoms with Gasteiger partial charge in [0, 0.05) is 22.3 Å². The van der Waals surface area contributed by atoms with Crippen LogP contribution in [0.15, 0.2) is 42.5 Å². The predicted molar refractivity (Wildman–Crippen MR) is 92.3 cm³/mol. The molecule has 0 radical (unpaired) electrons. The first kappa shape index (κ1) is 17.6. The summed E-state index contributed by atoms with van der Waals surface area (Å²) in [7, 11) is 3.03. The molecule has 0 heterocycles. The summed E-state index contributed by atoms with van der Waals surface area (Å²) in [5.74, 6) is 0.810. The quantitative estimate of drug-likeness (QED) is 0.785. The number of halogens is 1. The van der Waals surface area contributed by atoms with Crippen LogP contribution >= 0.6 is 11.6 Å². The van der Waals surface area contributed by atoms with E-state index < -0.39 is 6.03 Å². The molecule has 7 heteroatoms. The third-order valence-corrected chi connectivity index (χ3v) is 3.43. The number of carbonyl (C=O) groups excluding carboxylic acids is 2. The molecule has 2 N–H and O–H groups in total. The molecule has 2 aromatic rings. The van der Waals surface area contributed by atoms with Gasteiger partial charge in [-0.25, -0.2) is 4.79 Å². The topological polar surface area (TPSA) is 76.7 Å². The summed E-state index contributed by atoms with van der Waals surface area (Å²) in [6.07, 6.45) is 0. The summed E-state index contributed by atoms with van der Waals surface area (Å²) in [5.41, 5.74) is 0.953. The second-order valence-electron chi connectivity index (χ2n) is 4.81. The second-order valence-corrected chi connectivity index (χ2v) is 5.25. The molecule has 6 nitrogen and oxygen atoms in total. The highest BCUT2D eigenvalue weighted by molar-refractivity contribution is 6.31. The summed E-state index contributed by atoms with van der Waals surface area (Å²) in [6.45, 7) is -0.139. The van der Waals surface area contributed by atoms with E-state index in [9.17, 15) is 9.59 Å². The fourth-order valence-corrected chi connectivity index (χ4v) is 2.20. The van der Waals surface area contributed by atoms with Crippen LogP contribution in [0, 0.1) is 0 Å². The Balaban J connectivity index is 1.92. The monoisotopic (exact) mass is 348 g/mol. The predicted octanol–water partition coefficient (Wildman–Crippen LogP) is 3.36. The Kier molecular flexibility index (Phi) is 6.03. The van der Waals surface area contributed by atoms with Crippen molar-refractivity contribution in [2.75, 3.05) is 26.1 Å². The first-order valence-corrected chi connectivity index (χ1v) is 7.47. The van der Waals surface area contributed by atoms with Gasteiger partial charge in [-0.2, -0.15) is 0 Å². The van der Waals surface area contributed by atoms with Crippen molar-refractivity contribution in [1.82, 2.24) is 5.32 Å². The third-order valence-electron chi connectivity index (χ3n) is 3.20. The number of benzene rings is 2. The van der Waals surface area contributed by atoms with E-state index in [4.69, 9.17) is 21.1 Å². The Morgan fingerprint density at radius 2 is 1.79 bits per heavy atom. The largest absolute Gasteiger partial charge is 0.493 e. The van der Waals surface area contributed by atoms with Crippen LogP contribution in [-0.4, -0.2) is 32.6 Å². The van der Waals surface area contributed by atoms with E-state index in [1.807, 2.05) is 0 Å². The van der Waals surface area contributed by atoms with E-state index in [0.29, 0.717) is 27.8 Å². The normalized spacial score (nSPS) is 9.96. The van der Waals surface area contributed by atoms with Gasteiger partial charge in [0.15, 0.2) is 17.3 Å². The summed E-state index contributed by atoms with van der Waals surface area (Å²) in [4.78, 5) is 23.9. The van der Waals surface area contributed by atoms with Gasteiger partial charge in [-0.1, -0.05) is 23.7 Å². The molecule has 0 atom stereocenters. The number of carbonyl (C=O) groups is 2. The zero-order valence-electron chi connectivity index (χ0n) is 13.3. The molecule has 0 spiro atoms. The second kappa shape index (κ2) is 8.21. The maximum Gasteiger partial charge on any atom is 0.319 e. The Morgan fingerprint density at radius 1 is 1.04 bits per heavy atom. The minimum Gasteiger partial charge on any atom is -0.493 e. The maximum absolute atomic E-state index is 12.0. The fourth-order valence-electron chi connectivity index (χ4n) is 2.01. The van der Waals surface area contributed by atoms with Gasteiger partial charge in [0.05, 0.1) is 20.8 Å². The van der Waals surface area contributed by atoms with Gasteiger partial charge in [0.25, 0.3) is 0 Å². The lowest BCUT2D eigenvalue weighted by atomic mass is 10.1. The minimum absolute atomic E-state index is 0.139. The van der Waals surface area contributed by atoms with Crippen LogP contribution < -0.4 is 20.1 Å². The highest BCUT2D eigenvalue weighted by Gasteiger charge is 2.10. The number of methoxy groups -OCH3 is 2. The molecule has 2 rings (SSSR count). The van der Waals surface area contributed by atoms with Gasteiger partial charge >= 0.3 is 6.03 Å². The highest BCUT2D eigenvalue weighted by Crippen LogP contribution is 2.29. The average Bonchev–Trinajstić information content (AvgIpc) is 2.59. The number of ether oxygens (including phenoxy) is 2. The van der Waals surface area contributed by atoms with Crippen molar-refractivity contribution in [3.63, 3.8) is 0 Å². The van der Waals surface area contributed by atoms with Crippen LogP contribution in [0.4, 0.5) is 10.5 Å². The molecular formula is C17H17ClN2O4. The van der Waals surface area contributed by atoms with E-state index in [2.05, 4.69) is 10.6 Å². The number of rotatable bonds is 6. The number of amides is 2. The molecule has 0 saturated heterocycles. The molecule has 0 aliphatic carbocycles. The van der Waals surface area contributed by atoms with E-state index in [-0.39, 0.29) is 12.3 Å². The minimum atomic E-state index is -0.502. The van der Waals surface area contributed by atoms with Crippen molar-refractivity contribution < 1.29 is 19.1 Å². The van der Waals surface area contributed by atoms with Gasteiger partial charge in [-0.3, -0.25) is 4.79 Å². The number of anilines is 1. The van der Waals surface area contributed by atoms with E-state index in [1.54, 1.807) is 42.5 Å². The molecule has 0 aliphatic rings. The molecule has 126 valence electrons. The lowest BCUT2D eigenvalue weighted by molar-refractivity contribution is 0.0993. The molecule has 0 saturated carbocycles. The zero-order valence-corrected chi connectivity index (χ0v) is 14.0. The summed E-state index contributed by atoms with van der Waals surface area (Å²) < 4.78 is 10.3. The van der Waals surface area contributed by atoms with Gasteiger partial charge in [0.1, 0.15) is 0 Å². The molecule has 0 unspecified atom stereocenters. The molecule has 0 fully saturated rings. The van der Waals surface area contributed by atoms with Crippen molar-refractivity contribution in [1.29, 1.82) is 0 Å². The van der Waals surface area contributed by atoms with Crippen LogP contribution in [0.5, 0.6) is 11.5 Å². The Bertz CT molecular complexity index is 749. The van der Waals surface area contributed by atoms with Crippen molar-refractivity contribution in [3.8, 4) is 11.5 Å². The third kappa shape index (κ3) is 4.63. The molecule has 0 aliphatic heterocycles. The smallest absolute Gasteiger partial charge is 0.319 e. The van der Waals surface area contributed by atoms with Gasteiger partial charge < -0.3 is 20.1 Å². The summed E-state index contributed by atoms with van der Waals surface area (Å²) >= 11 is 5.84. The number of hydrogen-bond acceptors (Lipinski definition) is 4. The highest BCUT2D eigenvalue weighted by atomic mass is 35.5. The standard InChI is InChI=1S/C17H17ClN2O4/c1-23-15-7-6-13(9-16(15)24-2)20-17(22)19-10-14(21)11-4-3-5-12(18)8-11/h3-9H,10H2,1-2H3,(H2,19,20,22). The molecule has 0 bridgehead atoms. The molecule has 2 aromatic carbocycles. The molecule has 0 aromatic heterocycles.